The van der Waals surface area contributed by atoms with E-state index in [4.69, 9.17) is 10.5 Å². The maximum Gasteiger partial charge on any atom is 0.410 e. The minimum absolute atomic E-state index is 0.243. The summed E-state index contributed by atoms with van der Waals surface area (Å²) in [6, 6.07) is 0. The zero-order valence-electron chi connectivity index (χ0n) is 14.9. The molecule has 1 aliphatic rings. The van der Waals surface area contributed by atoms with Gasteiger partial charge in [-0.25, -0.2) is 9.48 Å². The number of carbonyl (C=O) groups is 1. The third kappa shape index (κ3) is 4.09. The SMILES string of the molecule is CCn1nc(C)c(N)c1N1CCCN(C(=O)OC(C)(C)C)CC1. The first kappa shape index (κ1) is 17.4. The summed E-state index contributed by atoms with van der Waals surface area (Å²) >= 11 is 0. The number of anilines is 2. The van der Waals surface area contributed by atoms with Gasteiger partial charge in [0, 0.05) is 32.7 Å². The molecule has 1 saturated heterocycles. The summed E-state index contributed by atoms with van der Waals surface area (Å²) in [5.41, 5.74) is 7.33. The van der Waals surface area contributed by atoms with E-state index in [9.17, 15) is 4.79 Å². The Bertz CT molecular complexity index is 562. The molecular weight excluding hydrogens is 294 g/mol. The number of aryl methyl sites for hydroxylation is 2. The Morgan fingerprint density at radius 3 is 2.57 bits per heavy atom. The third-order valence-corrected chi connectivity index (χ3v) is 3.89. The predicted molar refractivity (Wildman–Crippen MR) is 91.7 cm³/mol. The van der Waals surface area contributed by atoms with Crippen LogP contribution in [-0.4, -0.2) is 52.6 Å². The second-order valence-electron chi connectivity index (χ2n) is 6.95. The van der Waals surface area contributed by atoms with Crippen LogP contribution in [0.1, 0.15) is 39.8 Å². The van der Waals surface area contributed by atoms with E-state index in [1.165, 1.54) is 0 Å². The van der Waals surface area contributed by atoms with Crippen molar-refractivity contribution in [2.75, 3.05) is 36.8 Å². The highest BCUT2D eigenvalue weighted by Crippen LogP contribution is 2.27. The van der Waals surface area contributed by atoms with Crippen molar-refractivity contribution >= 4 is 17.6 Å². The van der Waals surface area contributed by atoms with Crippen LogP contribution in [0.3, 0.4) is 0 Å². The fraction of sp³-hybridized carbons (Fsp3) is 0.750. The smallest absolute Gasteiger partial charge is 0.410 e. The number of ether oxygens (including phenoxy) is 1. The maximum atomic E-state index is 12.2. The van der Waals surface area contributed by atoms with Gasteiger partial charge in [-0.05, 0) is 41.0 Å². The minimum Gasteiger partial charge on any atom is -0.444 e. The molecule has 0 aromatic carbocycles. The van der Waals surface area contributed by atoms with Gasteiger partial charge in [-0.15, -0.1) is 0 Å². The number of amides is 1. The Kier molecular flexibility index (Phi) is 5.06. The topological polar surface area (TPSA) is 76.6 Å². The number of nitrogens with two attached hydrogens (primary N) is 1. The van der Waals surface area contributed by atoms with Gasteiger partial charge in [-0.1, -0.05) is 0 Å². The highest BCUT2D eigenvalue weighted by Gasteiger charge is 2.26. The quantitative estimate of drug-likeness (QED) is 0.903. The number of nitrogen functional groups attached to an aromatic ring is 1. The van der Waals surface area contributed by atoms with E-state index in [1.54, 1.807) is 4.90 Å². The molecule has 0 bridgehead atoms. The van der Waals surface area contributed by atoms with Crippen LogP contribution in [0.5, 0.6) is 0 Å². The van der Waals surface area contributed by atoms with Gasteiger partial charge in [0.2, 0.25) is 0 Å². The first-order chi connectivity index (χ1) is 10.7. The molecule has 0 unspecified atom stereocenters. The Morgan fingerprint density at radius 1 is 1.26 bits per heavy atom. The summed E-state index contributed by atoms with van der Waals surface area (Å²) in [5.74, 6) is 0.969. The molecule has 1 aromatic heterocycles. The van der Waals surface area contributed by atoms with Crippen molar-refractivity contribution in [1.29, 1.82) is 0 Å². The zero-order chi connectivity index (χ0) is 17.2. The summed E-state index contributed by atoms with van der Waals surface area (Å²) in [6.45, 7) is 13.3. The van der Waals surface area contributed by atoms with Crippen LogP contribution in [-0.2, 0) is 11.3 Å². The van der Waals surface area contributed by atoms with E-state index < -0.39 is 5.60 Å². The van der Waals surface area contributed by atoms with Crippen molar-refractivity contribution < 1.29 is 9.53 Å². The molecule has 0 saturated carbocycles. The average molecular weight is 323 g/mol. The Balaban J connectivity index is 2.09. The molecule has 1 fully saturated rings. The van der Waals surface area contributed by atoms with E-state index >= 15 is 0 Å². The maximum absolute atomic E-state index is 12.2. The van der Waals surface area contributed by atoms with Crippen LogP contribution in [0, 0.1) is 6.92 Å². The standard InChI is InChI=1S/C16H29N5O2/c1-6-21-14(13(17)12(2)18-21)19-8-7-9-20(11-10-19)15(22)23-16(3,4)5/h6-11,17H2,1-5H3. The zero-order valence-corrected chi connectivity index (χ0v) is 14.9. The lowest BCUT2D eigenvalue weighted by atomic mass is 10.2. The number of carbonyl (C=O) groups excluding carboxylic acids is 1. The van der Waals surface area contributed by atoms with Gasteiger partial charge in [0.05, 0.1) is 11.4 Å². The average Bonchev–Trinajstić information content (AvgIpc) is 2.65. The molecule has 7 nitrogen and oxygen atoms in total. The highest BCUT2D eigenvalue weighted by atomic mass is 16.6. The number of aromatic nitrogens is 2. The number of rotatable bonds is 2. The fourth-order valence-corrected chi connectivity index (χ4v) is 2.78. The highest BCUT2D eigenvalue weighted by molar-refractivity contribution is 5.69. The predicted octanol–water partition coefficient (Wildman–Crippen LogP) is 2.24. The van der Waals surface area contributed by atoms with Gasteiger partial charge >= 0.3 is 6.09 Å². The minimum atomic E-state index is -0.467. The lowest BCUT2D eigenvalue weighted by Gasteiger charge is -2.27. The molecule has 1 aliphatic heterocycles. The fourth-order valence-electron chi connectivity index (χ4n) is 2.78. The summed E-state index contributed by atoms with van der Waals surface area (Å²) < 4.78 is 7.41. The van der Waals surface area contributed by atoms with Crippen molar-refractivity contribution in [2.45, 2.75) is 53.2 Å². The Labute approximate surface area is 138 Å². The van der Waals surface area contributed by atoms with Gasteiger partial charge in [-0.3, -0.25) is 0 Å². The van der Waals surface area contributed by atoms with Gasteiger partial charge in [0.25, 0.3) is 0 Å². The lowest BCUT2D eigenvalue weighted by Crippen LogP contribution is -2.39. The molecule has 0 aliphatic carbocycles. The molecule has 0 radical (unpaired) electrons. The number of nitrogens with zero attached hydrogens (tertiary/aromatic N) is 4. The van der Waals surface area contributed by atoms with Crippen LogP contribution in [0.25, 0.3) is 0 Å². The Morgan fingerprint density at radius 2 is 1.96 bits per heavy atom. The van der Waals surface area contributed by atoms with Gasteiger partial charge < -0.3 is 20.3 Å². The molecular formula is C16H29N5O2. The summed E-state index contributed by atoms with van der Waals surface area (Å²) in [5, 5.41) is 4.48. The summed E-state index contributed by atoms with van der Waals surface area (Å²) in [4.78, 5) is 16.3. The summed E-state index contributed by atoms with van der Waals surface area (Å²) in [7, 11) is 0. The van der Waals surface area contributed by atoms with Crippen molar-refractivity contribution in [3.8, 4) is 0 Å². The molecule has 2 heterocycles. The normalized spacial score (nSPS) is 16.4. The second kappa shape index (κ2) is 6.68. The third-order valence-electron chi connectivity index (χ3n) is 3.89. The van der Waals surface area contributed by atoms with E-state index in [-0.39, 0.29) is 6.09 Å². The largest absolute Gasteiger partial charge is 0.444 e. The first-order valence-electron chi connectivity index (χ1n) is 8.28. The molecule has 7 heteroatoms. The van der Waals surface area contributed by atoms with Crippen LogP contribution in [0.15, 0.2) is 0 Å². The van der Waals surface area contributed by atoms with Gasteiger partial charge in [-0.2, -0.15) is 5.10 Å². The molecule has 1 aromatic rings. The molecule has 23 heavy (non-hydrogen) atoms. The molecule has 2 rings (SSSR count). The molecule has 0 atom stereocenters. The number of hydrogen-bond acceptors (Lipinski definition) is 5. The van der Waals surface area contributed by atoms with Crippen LogP contribution in [0.2, 0.25) is 0 Å². The van der Waals surface area contributed by atoms with E-state index in [1.807, 2.05) is 32.4 Å². The van der Waals surface area contributed by atoms with E-state index in [2.05, 4.69) is 16.9 Å². The van der Waals surface area contributed by atoms with Crippen molar-refractivity contribution in [3.05, 3.63) is 5.69 Å². The van der Waals surface area contributed by atoms with Crippen LogP contribution in [0.4, 0.5) is 16.3 Å². The molecule has 0 spiro atoms. The monoisotopic (exact) mass is 323 g/mol. The van der Waals surface area contributed by atoms with E-state index in [0.717, 1.165) is 43.3 Å². The van der Waals surface area contributed by atoms with Crippen LogP contribution < -0.4 is 10.6 Å². The lowest BCUT2D eigenvalue weighted by molar-refractivity contribution is 0.0263. The van der Waals surface area contributed by atoms with Crippen molar-refractivity contribution in [3.63, 3.8) is 0 Å². The molecule has 1 amide bonds. The number of hydrogen-bond donors (Lipinski definition) is 1. The summed E-state index contributed by atoms with van der Waals surface area (Å²) in [6.07, 6.45) is 0.639. The molecule has 2 N–H and O–H groups in total. The Hall–Kier alpha value is -1.92. The first-order valence-corrected chi connectivity index (χ1v) is 8.28. The van der Waals surface area contributed by atoms with Crippen molar-refractivity contribution in [2.24, 2.45) is 0 Å². The van der Waals surface area contributed by atoms with Gasteiger partial charge in [0.15, 0.2) is 5.82 Å². The van der Waals surface area contributed by atoms with Gasteiger partial charge in [0.1, 0.15) is 5.60 Å². The van der Waals surface area contributed by atoms with E-state index in [0.29, 0.717) is 13.1 Å². The second-order valence-corrected chi connectivity index (χ2v) is 6.95. The van der Waals surface area contributed by atoms with Crippen LogP contribution >= 0.6 is 0 Å². The van der Waals surface area contributed by atoms with Crippen molar-refractivity contribution in [1.82, 2.24) is 14.7 Å². The molecule has 130 valence electrons.